The molecule has 1 aromatic carbocycles. The van der Waals surface area contributed by atoms with Gasteiger partial charge in [-0.25, -0.2) is 0 Å². The Labute approximate surface area is 175 Å². The van der Waals surface area contributed by atoms with Gasteiger partial charge in [0.25, 0.3) is 0 Å². The average molecular weight is 388 g/mol. The molecule has 0 aromatic heterocycles. The van der Waals surface area contributed by atoms with Gasteiger partial charge in [0.15, 0.2) is 0 Å². The third kappa shape index (κ3) is 8.82. The van der Waals surface area contributed by atoms with Crippen LogP contribution in [0.1, 0.15) is 76.8 Å². The van der Waals surface area contributed by atoms with E-state index in [1.807, 2.05) is 14.0 Å². The van der Waals surface area contributed by atoms with Crippen LogP contribution in [0.3, 0.4) is 0 Å². The molecule has 0 N–H and O–H groups in total. The largest absolute Gasteiger partial charge is 0.380 e. The van der Waals surface area contributed by atoms with E-state index in [9.17, 15) is 0 Å². The number of ether oxygens (including phenoxy) is 1. The van der Waals surface area contributed by atoms with Crippen molar-refractivity contribution >= 4 is 5.69 Å². The molecule has 1 aromatic rings. The van der Waals surface area contributed by atoms with Gasteiger partial charge < -0.3 is 9.64 Å². The fraction of sp³-hybridized carbons (Fsp3) is 0.692. The lowest BCUT2D eigenvalue weighted by Gasteiger charge is -2.34. The number of hydrogen-bond donors (Lipinski definition) is 0. The number of aryl methyl sites for hydroxylation is 2. The molecule has 1 aliphatic heterocycles. The van der Waals surface area contributed by atoms with Gasteiger partial charge in [-0.2, -0.15) is 0 Å². The van der Waals surface area contributed by atoms with Crippen LogP contribution in [0, 0.1) is 25.7 Å². The molecule has 3 rings (SSSR count). The Hall–Kier alpha value is -1.28. The maximum Gasteiger partial charge on any atom is 0.0746 e. The van der Waals surface area contributed by atoms with Crippen LogP contribution in [0.5, 0.6) is 0 Å². The molecule has 3 unspecified atom stereocenters. The molecule has 2 heteroatoms. The van der Waals surface area contributed by atoms with Crippen molar-refractivity contribution in [2.75, 3.05) is 25.1 Å². The molecule has 0 radical (unpaired) electrons. The van der Waals surface area contributed by atoms with Gasteiger partial charge in [0, 0.05) is 25.9 Å². The van der Waals surface area contributed by atoms with Crippen LogP contribution in [0.2, 0.25) is 0 Å². The number of anilines is 1. The highest BCUT2D eigenvalue weighted by atomic mass is 16.5. The van der Waals surface area contributed by atoms with Crippen LogP contribution in [-0.2, 0) is 4.74 Å². The molecular weight excluding hydrogens is 342 g/mol. The fourth-order valence-corrected chi connectivity index (χ4v) is 4.50. The highest BCUT2D eigenvalue weighted by Crippen LogP contribution is 2.33. The number of piperidine rings is 1. The molecule has 1 heterocycles. The third-order valence-corrected chi connectivity index (χ3v) is 5.90. The highest BCUT2D eigenvalue weighted by Gasteiger charge is 2.21. The fourth-order valence-electron chi connectivity index (χ4n) is 4.50. The SMILES string of the molecule is C=CC.CCCC1CCC(C)C1.COC1CCCN(c2ccc(C)cc2C)C1. The normalized spacial score (nSPS) is 23.9. The van der Waals surface area contributed by atoms with Gasteiger partial charge >= 0.3 is 0 Å². The van der Waals surface area contributed by atoms with Crippen LogP contribution in [0.4, 0.5) is 5.69 Å². The number of allylic oxidation sites excluding steroid dienone is 1. The second-order valence-electron chi connectivity index (χ2n) is 8.72. The van der Waals surface area contributed by atoms with Crippen LogP contribution >= 0.6 is 0 Å². The van der Waals surface area contributed by atoms with Gasteiger partial charge in [-0.1, -0.05) is 63.3 Å². The zero-order valence-electron chi connectivity index (χ0n) is 19.5. The number of rotatable bonds is 4. The quantitative estimate of drug-likeness (QED) is 0.501. The maximum atomic E-state index is 5.46. The molecule has 1 aliphatic carbocycles. The zero-order valence-corrected chi connectivity index (χ0v) is 19.5. The molecule has 3 atom stereocenters. The van der Waals surface area contributed by atoms with E-state index in [2.05, 4.69) is 57.4 Å². The Morgan fingerprint density at radius 1 is 1.21 bits per heavy atom. The summed E-state index contributed by atoms with van der Waals surface area (Å²) in [6.45, 7) is 16.5. The van der Waals surface area contributed by atoms with Crippen LogP contribution < -0.4 is 4.90 Å². The van der Waals surface area contributed by atoms with Crippen LogP contribution in [-0.4, -0.2) is 26.3 Å². The molecule has 28 heavy (non-hydrogen) atoms. The van der Waals surface area contributed by atoms with Crippen molar-refractivity contribution in [3.8, 4) is 0 Å². The predicted octanol–water partition coefficient (Wildman–Crippen LogP) is 7.33. The first kappa shape index (κ1) is 24.8. The van der Waals surface area contributed by atoms with Crippen molar-refractivity contribution < 1.29 is 4.74 Å². The summed E-state index contributed by atoms with van der Waals surface area (Å²) in [4.78, 5) is 2.45. The number of methoxy groups -OCH3 is 1. The van der Waals surface area contributed by atoms with Crippen LogP contribution in [0.25, 0.3) is 0 Å². The van der Waals surface area contributed by atoms with Gasteiger partial charge in [0.05, 0.1) is 6.10 Å². The lowest BCUT2D eigenvalue weighted by atomic mass is 10.0. The van der Waals surface area contributed by atoms with Crippen molar-refractivity contribution in [3.63, 3.8) is 0 Å². The summed E-state index contributed by atoms with van der Waals surface area (Å²) >= 11 is 0. The third-order valence-electron chi connectivity index (χ3n) is 5.90. The predicted molar refractivity (Wildman–Crippen MR) is 125 cm³/mol. The minimum absolute atomic E-state index is 0.398. The highest BCUT2D eigenvalue weighted by molar-refractivity contribution is 5.54. The van der Waals surface area contributed by atoms with E-state index in [1.165, 1.54) is 61.8 Å². The monoisotopic (exact) mass is 387 g/mol. The molecular formula is C26H45NO. The van der Waals surface area contributed by atoms with Crippen molar-refractivity contribution in [1.29, 1.82) is 0 Å². The van der Waals surface area contributed by atoms with Gasteiger partial charge in [-0.05, 0) is 63.5 Å². The first-order valence-electron chi connectivity index (χ1n) is 11.4. The van der Waals surface area contributed by atoms with E-state index in [1.54, 1.807) is 6.08 Å². The molecule has 0 spiro atoms. The summed E-state index contributed by atoms with van der Waals surface area (Å²) in [6.07, 6.45) is 11.9. The maximum absolute atomic E-state index is 5.46. The standard InChI is InChI=1S/C14H21NO.C9H18.C3H6/c1-11-6-7-14(12(2)9-11)15-8-4-5-13(10-15)16-3;1-3-4-9-6-5-8(2)7-9;1-3-2/h6-7,9,13H,4-5,8,10H2,1-3H3;8-9H,3-7H2,1-2H3;3H,1H2,2H3. The number of benzene rings is 1. The van der Waals surface area contributed by atoms with Crippen molar-refractivity contribution in [3.05, 3.63) is 42.0 Å². The number of nitrogens with zero attached hydrogens (tertiary/aromatic N) is 1. The number of hydrogen-bond acceptors (Lipinski definition) is 2. The first-order chi connectivity index (χ1) is 13.4. The minimum atomic E-state index is 0.398. The molecule has 160 valence electrons. The van der Waals surface area contributed by atoms with E-state index < -0.39 is 0 Å². The Morgan fingerprint density at radius 3 is 2.46 bits per heavy atom. The van der Waals surface area contributed by atoms with Gasteiger partial charge in [0.2, 0.25) is 0 Å². The minimum Gasteiger partial charge on any atom is -0.380 e. The van der Waals surface area contributed by atoms with E-state index in [-0.39, 0.29) is 0 Å². The molecule has 2 fully saturated rings. The Kier molecular flexibility index (Phi) is 12.2. The van der Waals surface area contributed by atoms with E-state index in [0.717, 1.165) is 24.9 Å². The molecule has 1 saturated carbocycles. The Morgan fingerprint density at radius 2 is 1.93 bits per heavy atom. The first-order valence-corrected chi connectivity index (χ1v) is 11.4. The Bertz CT molecular complexity index is 551. The zero-order chi connectivity index (χ0) is 20.9. The van der Waals surface area contributed by atoms with Crippen molar-refractivity contribution in [2.24, 2.45) is 11.8 Å². The smallest absolute Gasteiger partial charge is 0.0746 e. The second-order valence-corrected chi connectivity index (χ2v) is 8.72. The van der Waals surface area contributed by atoms with Crippen molar-refractivity contribution in [1.82, 2.24) is 0 Å². The molecule has 0 amide bonds. The summed E-state index contributed by atoms with van der Waals surface area (Å²) in [6, 6.07) is 6.69. The summed E-state index contributed by atoms with van der Waals surface area (Å²) in [5, 5.41) is 0. The van der Waals surface area contributed by atoms with Gasteiger partial charge in [0.1, 0.15) is 0 Å². The van der Waals surface area contributed by atoms with Gasteiger partial charge in [-0.15, -0.1) is 6.58 Å². The van der Waals surface area contributed by atoms with E-state index >= 15 is 0 Å². The summed E-state index contributed by atoms with van der Waals surface area (Å²) in [5.74, 6) is 2.12. The molecule has 2 aliphatic rings. The average Bonchev–Trinajstić information content (AvgIpc) is 3.08. The molecule has 2 nitrogen and oxygen atoms in total. The van der Waals surface area contributed by atoms with E-state index in [4.69, 9.17) is 4.74 Å². The lowest BCUT2D eigenvalue weighted by molar-refractivity contribution is 0.0893. The molecule has 0 bridgehead atoms. The summed E-state index contributed by atoms with van der Waals surface area (Å²) < 4.78 is 5.46. The van der Waals surface area contributed by atoms with E-state index in [0.29, 0.717) is 6.10 Å². The Balaban J connectivity index is 0.000000276. The summed E-state index contributed by atoms with van der Waals surface area (Å²) in [7, 11) is 1.82. The van der Waals surface area contributed by atoms with Crippen LogP contribution in [0.15, 0.2) is 30.9 Å². The topological polar surface area (TPSA) is 12.5 Å². The molecule has 1 saturated heterocycles. The van der Waals surface area contributed by atoms with Gasteiger partial charge in [-0.3, -0.25) is 0 Å². The summed E-state index contributed by atoms with van der Waals surface area (Å²) in [5.41, 5.74) is 4.07. The van der Waals surface area contributed by atoms with Crippen molar-refractivity contribution in [2.45, 2.75) is 85.7 Å². The lowest BCUT2D eigenvalue weighted by Crippen LogP contribution is -2.39. The second kappa shape index (κ2) is 13.8.